The summed E-state index contributed by atoms with van der Waals surface area (Å²) in [5, 5.41) is 33.2. The Labute approximate surface area is 305 Å². The standard InChI is InChI=1S/C44H85NO4/c1-3-5-7-9-11-13-15-17-19-21-22-24-26-28-30-32-34-36-38-43(48)42(40-46)45-44(49)39-41(47)37-35-33-31-29-27-25-23-20-18-16-14-12-10-8-6-4-2/h28,30,36,38,41-43,46-48H,3-27,29,31-35,37,39-40H2,1-2H3,(H,45,49)/b30-28+,38-36+. The fourth-order valence-corrected chi connectivity index (χ4v) is 6.65. The fourth-order valence-electron chi connectivity index (χ4n) is 6.65. The maximum Gasteiger partial charge on any atom is 0.222 e. The van der Waals surface area contributed by atoms with E-state index >= 15 is 0 Å². The average Bonchev–Trinajstić information content (AvgIpc) is 3.09. The van der Waals surface area contributed by atoms with Crippen LogP contribution in [-0.2, 0) is 4.79 Å². The summed E-state index contributed by atoms with van der Waals surface area (Å²) in [7, 11) is 0. The molecule has 5 nitrogen and oxygen atoms in total. The van der Waals surface area contributed by atoms with E-state index in [1.807, 2.05) is 6.08 Å². The minimum absolute atomic E-state index is 0.00959. The molecule has 0 saturated carbocycles. The third-order valence-electron chi connectivity index (χ3n) is 9.99. The number of carbonyl (C=O) groups is 1. The van der Waals surface area contributed by atoms with Crippen molar-refractivity contribution in [3.63, 3.8) is 0 Å². The summed E-state index contributed by atoms with van der Waals surface area (Å²) in [5.74, 6) is -0.323. The van der Waals surface area contributed by atoms with Crippen LogP contribution in [0.3, 0.4) is 0 Å². The number of nitrogens with one attached hydrogen (secondary N) is 1. The predicted octanol–water partition coefficient (Wildman–Crippen LogP) is 12.2. The number of unbranched alkanes of at least 4 members (excludes halogenated alkanes) is 28. The number of amides is 1. The van der Waals surface area contributed by atoms with Crippen molar-refractivity contribution in [3.8, 4) is 0 Å². The van der Waals surface area contributed by atoms with Gasteiger partial charge in [-0.2, -0.15) is 0 Å². The van der Waals surface area contributed by atoms with E-state index < -0.39 is 18.2 Å². The molecule has 49 heavy (non-hydrogen) atoms. The summed E-state index contributed by atoms with van der Waals surface area (Å²) >= 11 is 0. The molecule has 0 radical (unpaired) electrons. The van der Waals surface area contributed by atoms with Gasteiger partial charge in [0.05, 0.1) is 31.3 Å². The van der Waals surface area contributed by atoms with Crippen LogP contribution in [0.25, 0.3) is 0 Å². The molecule has 3 unspecified atom stereocenters. The Kier molecular flexibility index (Phi) is 38.7. The topological polar surface area (TPSA) is 89.8 Å². The van der Waals surface area contributed by atoms with Gasteiger partial charge in [0.2, 0.25) is 5.91 Å². The van der Waals surface area contributed by atoms with Crippen LogP contribution < -0.4 is 5.32 Å². The molecule has 3 atom stereocenters. The molecule has 0 aliphatic rings. The molecular weight excluding hydrogens is 606 g/mol. The molecule has 0 aliphatic heterocycles. The van der Waals surface area contributed by atoms with Crippen molar-refractivity contribution in [1.29, 1.82) is 0 Å². The van der Waals surface area contributed by atoms with Crippen molar-refractivity contribution in [2.45, 2.75) is 244 Å². The molecule has 0 fully saturated rings. The molecule has 5 heteroatoms. The van der Waals surface area contributed by atoms with Gasteiger partial charge in [-0.3, -0.25) is 4.79 Å². The van der Waals surface area contributed by atoms with Gasteiger partial charge >= 0.3 is 0 Å². The molecule has 1 amide bonds. The maximum absolute atomic E-state index is 12.4. The van der Waals surface area contributed by atoms with Crippen molar-refractivity contribution in [3.05, 3.63) is 24.3 Å². The van der Waals surface area contributed by atoms with Crippen LogP contribution in [0.1, 0.15) is 226 Å². The lowest BCUT2D eigenvalue weighted by Crippen LogP contribution is -2.45. The highest BCUT2D eigenvalue weighted by Crippen LogP contribution is 2.16. The van der Waals surface area contributed by atoms with Crippen molar-refractivity contribution >= 4 is 5.91 Å². The molecule has 0 rings (SSSR count). The monoisotopic (exact) mass is 692 g/mol. The molecule has 0 bridgehead atoms. The van der Waals surface area contributed by atoms with E-state index in [4.69, 9.17) is 0 Å². The van der Waals surface area contributed by atoms with Crippen LogP contribution in [0.15, 0.2) is 24.3 Å². The summed E-state index contributed by atoms with van der Waals surface area (Å²) in [6.07, 6.45) is 47.4. The Bertz CT molecular complexity index is 724. The van der Waals surface area contributed by atoms with Crippen LogP contribution >= 0.6 is 0 Å². The van der Waals surface area contributed by atoms with E-state index in [1.165, 1.54) is 167 Å². The smallest absolute Gasteiger partial charge is 0.222 e. The average molecular weight is 692 g/mol. The van der Waals surface area contributed by atoms with E-state index in [0.29, 0.717) is 6.42 Å². The third-order valence-corrected chi connectivity index (χ3v) is 9.99. The lowest BCUT2D eigenvalue weighted by atomic mass is 10.0. The van der Waals surface area contributed by atoms with Gasteiger partial charge in [0, 0.05) is 0 Å². The molecule has 0 aromatic rings. The summed E-state index contributed by atoms with van der Waals surface area (Å²) < 4.78 is 0. The SMILES string of the molecule is CCCCCCCCCCCCCC/C=C/CC/C=C/C(O)C(CO)NC(=O)CC(O)CCCCCCCCCCCCCCCCCC. The van der Waals surface area contributed by atoms with Crippen LogP contribution in [0.4, 0.5) is 0 Å². The lowest BCUT2D eigenvalue weighted by molar-refractivity contribution is -0.124. The second-order valence-corrected chi connectivity index (χ2v) is 15.0. The first kappa shape index (κ1) is 47.8. The minimum atomic E-state index is -0.948. The second-order valence-electron chi connectivity index (χ2n) is 15.0. The molecule has 0 saturated heterocycles. The largest absolute Gasteiger partial charge is 0.394 e. The Morgan fingerprint density at radius 2 is 0.878 bits per heavy atom. The van der Waals surface area contributed by atoms with Crippen molar-refractivity contribution in [2.24, 2.45) is 0 Å². The van der Waals surface area contributed by atoms with E-state index in [-0.39, 0.29) is 18.9 Å². The van der Waals surface area contributed by atoms with Crippen molar-refractivity contribution < 1.29 is 20.1 Å². The highest BCUT2D eigenvalue weighted by Gasteiger charge is 2.20. The van der Waals surface area contributed by atoms with Crippen molar-refractivity contribution in [1.82, 2.24) is 5.32 Å². The first-order valence-corrected chi connectivity index (χ1v) is 21.6. The Balaban J connectivity index is 3.70. The number of aliphatic hydroxyl groups is 3. The summed E-state index contributed by atoms with van der Waals surface area (Å²) in [6.45, 7) is 4.21. The number of rotatable bonds is 39. The van der Waals surface area contributed by atoms with Crippen LogP contribution in [0.2, 0.25) is 0 Å². The summed E-state index contributed by atoms with van der Waals surface area (Å²) in [4.78, 5) is 12.4. The van der Waals surface area contributed by atoms with Gasteiger partial charge in [0.25, 0.3) is 0 Å². The minimum Gasteiger partial charge on any atom is -0.394 e. The highest BCUT2D eigenvalue weighted by atomic mass is 16.3. The Morgan fingerprint density at radius 1 is 0.510 bits per heavy atom. The second kappa shape index (κ2) is 39.6. The fraction of sp³-hybridized carbons (Fsp3) is 0.886. The van der Waals surface area contributed by atoms with Gasteiger partial charge in [-0.1, -0.05) is 212 Å². The van der Waals surface area contributed by atoms with Gasteiger partial charge in [0.1, 0.15) is 0 Å². The molecule has 290 valence electrons. The van der Waals surface area contributed by atoms with E-state index in [2.05, 4.69) is 31.3 Å². The predicted molar refractivity (Wildman–Crippen MR) is 213 cm³/mol. The molecule has 0 aromatic heterocycles. The zero-order chi connectivity index (χ0) is 35.9. The van der Waals surface area contributed by atoms with Gasteiger partial charge in [0.15, 0.2) is 0 Å². The number of carbonyl (C=O) groups excluding carboxylic acids is 1. The van der Waals surface area contributed by atoms with Crippen LogP contribution in [0, 0.1) is 0 Å². The third kappa shape index (κ3) is 36.4. The lowest BCUT2D eigenvalue weighted by Gasteiger charge is -2.21. The summed E-state index contributed by atoms with van der Waals surface area (Å²) in [5.41, 5.74) is 0. The van der Waals surface area contributed by atoms with Gasteiger partial charge in [-0.15, -0.1) is 0 Å². The molecule has 0 heterocycles. The van der Waals surface area contributed by atoms with E-state index in [9.17, 15) is 20.1 Å². The van der Waals surface area contributed by atoms with Crippen molar-refractivity contribution in [2.75, 3.05) is 6.61 Å². The maximum atomic E-state index is 12.4. The zero-order valence-electron chi connectivity index (χ0n) is 32.8. The number of hydrogen-bond donors (Lipinski definition) is 4. The molecule has 0 aromatic carbocycles. The number of hydrogen-bond acceptors (Lipinski definition) is 4. The zero-order valence-corrected chi connectivity index (χ0v) is 32.8. The molecule has 0 spiro atoms. The van der Waals surface area contributed by atoms with Gasteiger partial charge < -0.3 is 20.6 Å². The van der Waals surface area contributed by atoms with E-state index in [1.54, 1.807) is 6.08 Å². The van der Waals surface area contributed by atoms with Crippen LogP contribution in [0.5, 0.6) is 0 Å². The van der Waals surface area contributed by atoms with Crippen LogP contribution in [-0.4, -0.2) is 46.1 Å². The van der Waals surface area contributed by atoms with E-state index in [0.717, 1.165) is 32.1 Å². The number of aliphatic hydroxyl groups excluding tert-OH is 3. The summed E-state index contributed by atoms with van der Waals surface area (Å²) in [6, 6.07) is -0.757. The van der Waals surface area contributed by atoms with Gasteiger partial charge in [-0.05, 0) is 32.1 Å². The normalized spacial score (nSPS) is 13.8. The molecule has 0 aliphatic carbocycles. The molecule has 4 N–H and O–H groups in total. The Morgan fingerprint density at radius 3 is 1.31 bits per heavy atom. The van der Waals surface area contributed by atoms with Gasteiger partial charge in [-0.25, -0.2) is 0 Å². The highest BCUT2D eigenvalue weighted by molar-refractivity contribution is 5.76. The molecular formula is C44H85NO4. The number of allylic oxidation sites excluding steroid dienone is 3. The Hall–Kier alpha value is -1.17. The first-order valence-electron chi connectivity index (χ1n) is 21.6. The first-order chi connectivity index (χ1) is 24.0. The quantitative estimate of drug-likeness (QED) is 0.0381.